The van der Waals surface area contributed by atoms with Crippen molar-refractivity contribution in [3.8, 4) is 11.5 Å². The van der Waals surface area contributed by atoms with Gasteiger partial charge in [-0.15, -0.1) is 0 Å². The van der Waals surface area contributed by atoms with E-state index >= 15 is 0 Å². The van der Waals surface area contributed by atoms with Crippen LogP contribution in [0.3, 0.4) is 0 Å². The Morgan fingerprint density at radius 3 is 2.05 bits per heavy atom. The number of Topliss-reactive ketones (excluding diaryl/α,β-unsaturated/α-hetero) is 2. The maximum Gasteiger partial charge on any atom is 0.180 e. The topological polar surface area (TPSA) is 65.1 Å². The summed E-state index contributed by atoms with van der Waals surface area (Å²) in [5.74, 6) is 0.626. The lowest BCUT2D eigenvalue weighted by Crippen LogP contribution is -2.44. The Morgan fingerprint density at radius 2 is 1.50 bits per heavy atom. The number of benzene rings is 2. The molecular weight excluding hydrogens is 642 g/mol. The molecule has 1 aliphatic heterocycles. The van der Waals surface area contributed by atoms with Gasteiger partial charge in [-0.05, 0) is 72.4 Å². The number of methoxy groups -OCH3 is 1. The Morgan fingerprint density at radius 1 is 0.909 bits per heavy atom. The van der Waals surface area contributed by atoms with Gasteiger partial charge in [0.05, 0.1) is 11.6 Å². The third kappa shape index (κ3) is 6.80. The molecule has 1 heterocycles. The predicted molar refractivity (Wildman–Crippen MR) is 177 cm³/mol. The summed E-state index contributed by atoms with van der Waals surface area (Å²) in [4.78, 5) is 30.5. The number of hydrogen-bond donors (Lipinski definition) is 0. The zero-order valence-corrected chi connectivity index (χ0v) is 29.0. The van der Waals surface area contributed by atoms with Gasteiger partial charge in [0.15, 0.2) is 23.1 Å². The van der Waals surface area contributed by atoms with Crippen LogP contribution in [0.5, 0.6) is 11.5 Å². The van der Waals surface area contributed by atoms with E-state index in [0.717, 1.165) is 57.4 Å². The fraction of sp³-hybridized carbons (Fsp3) is 0.500. The molecule has 5 rings (SSSR count). The summed E-state index contributed by atoms with van der Waals surface area (Å²) in [5.41, 5.74) is 4.89. The molecule has 2 aliphatic carbocycles. The summed E-state index contributed by atoms with van der Waals surface area (Å²) in [6, 6.07) is 11.7. The number of nitrogens with zero attached hydrogens (tertiary/aromatic N) is 1. The van der Waals surface area contributed by atoms with Crippen molar-refractivity contribution in [2.75, 3.05) is 26.9 Å². The number of rotatable bonds is 10. The lowest BCUT2D eigenvalue weighted by Gasteiger charge is -2.49. The van der Waals surface area contributed by atoms with E-state index < -0.39 is 5.92 Å². The molecule has 2 aromatic rings. The average molecular weight is 685 g/mol. The minimum absolute atomic E-state index is 0.0897. The zero-order chi connectivity index (χ0) is 31.8. The maximum absolute atomic E-state index is 14.1. The third-order valence-corrected chi connectivity index (χ3v) is 9.52. The molecule has 0 radical (unpaired) electrons. The van der Waals surface area contributed by atoms with E-state index in [0.29, 0.717) is 55.7 Å². The second-order valence-corrected chi connectivity index (χ2v) is 15.0. The lowest BCUT2D eigenvalue weighted by molar-refractivity contribution is -0.119. The minimum atomic E-state index is -0.511. The highest BCUT2D eigenvalue weighted by molar-refractivity contribution is 9.10. The average Bonchev–Trinajstić information content (AvgIpc) is 2.92. The molecule has 0 aromatic heterocycles. The van der Waals surface area contributed by atoms with Crippen molar-refractivity contribution < 1.29 is 23.8 Å². The minimum Gasteiger partial charge on any atom is -0.490 e. The Bertz CT molecular complexity index is 1450. The van der Waals surface area contributed by atoms with Gasteiger partial charge in [0, 0.05) is 66.0 Å². The zero-order valence-electron chi connectivity index (χ0n) is 26.6. The molecular formula is C36H43BrClNO5. The van der Waals surface area contributed by atoms with Crippen molar-refractivity contribution in [3.63, 3.8) is 0 Å². The third-order valence-electron chi connectivity index (χ3n) is 8.71. The molecule has 3 aliphatic rings. The fourth-order valence-corrected chi connectivity index (χ4v) is 7.45. The molecule has 0 saturated carbocycles. The Labute approximate surface area is 274 Å². The number of carbonyl (C=O) groups is 2. The van der Waals surface area contributed by atoms with E-state index in [4.69, 9.17) is 25.8 Å². The van der Waals surface area contributed by atoms with Gasteiger partial charge in [-0.3, -0.25) is 9.59 Å². The van der Waals surface area contributed by atoms with Crippen LogP contribution >= 0.6 is 27.5 Å². The number of halogens is 2. The van der Waals surface area contributed by atoms with E-state index in [1.165, 1.54) is 0 Å². The maximum atomic E-state index is 14.1. The Hall–Kier alpha value is -2.61. The number of carbonyl (C=O) groups excluding carboxylic acids is 2. The van der Waals surface area contributed by atoms with Crippen LogP contribution in [-0.4, -0.2) is 43.3 Å². The van der Waals surface area contributed by atoms with Crippen LogP contribution in [0.25, 0.3) is 0 Å². The van der Waals surface area contributed by atoms with Crippen LogP contribution < -0.4 is 9.47 Å². The van der Waals surface area contributed by atoms with Crippen molar-refractivity contribution in [2.45, 2.75) is 79.2 Å². The summed E-state index contributed by atoms with van der Waals surface area (Å²) in [6.07, 6.45) is 3.16. The van der Waals surface area contributed by atoms with E-state index in [1.54, 1.807) is 7.11 Å². The summed E-state index contributed by atoms with van der Waals surface area (Å²) in [7, 11) is 1.70. The lowest BCUT2D eigenvalue weighted by atomic mass is 9.63. The molecule has 0 spiro atoms. The van der Waals surface area contributed by atoms with E-state index in [-0.39, 0.29) is 22.4 Å². The van der Waals surface area contributed by atoms with Gasteiger partial charge in [-0.2, -0.15) is 0 Å². The smallest absolute Gasteiger partial charge is 0.180 e. The molecule has 2 aromatic carbocycles. The highest BCUT2D eigenvalue weighted by Gasteiger charge is 2.49. The van der Waals surface area contributed by atoms with Gasteiger partial charge in [0.2, 0.25) is 0 Å². The Balaban J connectivity index is 1.65. The quantitative estimate of drug-likeness (QED) is 0.233. The first-order chi connectivity index (χ1) is 20.8. The van der Waals surface area contributed by atoms with Crippen molar-refractivity contribution in [3.05, 3.63) is 79.6 Å². The number of allylic oxidation sites excluding steroid dienone is 4. The van der Waals surface area contributed by atoms with Gasteiger partial charge in [-0.25, -0.2) is 0 Å². The summed E-state index contributed by atoms with van der Waals surface area (Å²) in [6.45, 7) is 12.5. The van der Waals surface area contributed by atoms with Crippen molar-refractivity contribution >= 4 is 39.1 Å². The first-order valence-electron chi connectivity index (χ1n) is 15.5. The van der Waals surface area contributed by atoms with E-state index in [1.807, 2.05) is 43.3 Å². The predicted octanol–water partition coefficient (Wildman–Crippen LogP) is 8.80. The molecule has 44 heavy (non-hydrogen) atoms. The van der Waals surface area contributed by atoms with Gasteiger partial charge < -0.3 is 19.1 Å². The summed E-state index contributed by atoms with van der Waals surface area (Å²) < 4.78 is 18.7. The SMILES string of the molecule is CCOc1cc(C2C3=C(CC(C)(C)CC3=O)N(CCCOC)C3=C2C(=O)CC(C)(C)C3)cc(Cl)c1OCc1ccc(Br)cc1. The molecule has 0 atom stereocenters. The molecule has 0 N–H and O–H groups in total. The highest BCUT2D eigenvalue weighted by atomic mass is 79.9. The van der Waals surface area contributed by atoms with Crippen LogP contribution in [0.4, 0.5) is 0 Å². The van der Waals surface area contributed by atoms with Crippen LogP contribution in [-0.2, 0) is 20.9 Å². The number of hydrogen-bond acceptors (Lipinski definition) is 6. The first kappa shape index (κ1) is 32.8. The van der Waals surface area contributed by atoms with E-state index in [2.05, 4.69) is 48.5 Å². The Kier molecular flexibility index (Phi) is 9.69. The monoisotopic (exact) mass is 683 g/mol. The van der Waals surface area contributed by atoms with Crippen LogP contribution in [0, 0.1) is 10.8 Å². The normalized spacial score (nSPS) is 19.7. The van der Waals surface area contributed by atoms with Gasteiger partial charge in [0.25, 0.3) is 0 Å². The second kappa shape index (κ2) is 13.0. The standard InChI is InChI=1S/C36H43BrClNO5/c1-7-43-30-16-23(15-25(38)34(30)44-21-22-9-11-24(37)12-10-22)31-32-26(17-35(2,3)19-28(32)40)39(13-8-14-42-6)27-18-36(4,5)20-29(41)33(27)31/h9-12,15-16,31H,7-8,13-14,17-21H2,1-6H3. The largest absolute Gasteiger partial charge is 0.490 e. The first-order valence-corrected chi connectivity index (χ1v) is 16.6. The molecule has 0 bridgehead atoms. The number of ketones is 2. The highest BCUT2D eigenvalue weighted by Crippen LogP contribution is 2.55. The van der Waals surface area contributed by atoms with Crippen LogP contribution in [0.15, 0.2) is 63.4 Å². The van der Waals surface area contributed by atoms with Crippen LogP contribution in [0.2, 0.25) is 5.02 Å². The number of ether oxygens (including phenoxy) is 3. The van der Waals surface area contributed by atoms with Crippen LogP contribution in [0.1, 0.15) is 83.8 Å². The molecule has 236 valence electrons. The molecule has 0 fully saturated rings. The second-order valence-electron chi connectivity index (χ2n) is 13.7. The van der Waals surface area contributed by atoms with Crippen molar-refractivity contribution in [2.24, 2.45) is 10.8 Å². The van der Waals surface area contributed by atoms with Gasteiger partial charge in [-0.1, -0.05) is 67.4 Å². The van der Waals surface area contributed by atoms with Gasteiger partial charge >= 0.3 is 0 Å². The van der Waals surface area contributed by atoms with Gasteiger partial charge in [0.1, 0.15) is 6.61 Å². The van der Waals surface area contributed by atoms with Crippen molar-refractivity contribution in [1.82, 2.24) is 4.90 Å². The van der Waals surface area contributed by atoms with Crippen molar-refractivity contribution in [1.29, 1.82) is 0 Å². The molecule has 0 saturated heterocycles. The molecule has 8 heteroatoms. The summed E-state index contributed by atoms with van der Waals surface area (Å²) in [5, 5.41) is 0.391. The molecule has 0 unspecified atom stereocenters. The fourth-order valence-electron chi connectivity index (χ4n) is 6.91. The van der Waals surface area contributed by atoms with E-state index in [9.17, 15) is 9.59 Å². The molecule has 6 nitrogen and oxygen atoms in total. The molecule has 0 amide bonds. The summed E-state index contributed by atoms with van der Waals surface area (Å²) >= 11 is 10.4.